The number of benzene rings is 1. The molecule has 0 radical (unpaired) electrons. The van der Waals surface area contributed by atoms with Gasteiger partial charge in [-0.3, -0.25) is 0 Å². The molecule has 1 aromatic heterocycles. The lowest BCUT2D eigenvalue weighted by molar-refractivity contribution is 0.440. The van der Waals surface area contributed by atoms with Gasteiger partial charge in [0, 0.05) is 0 Å². The van der Waals surface area contributed by atoms with E-state index in [1.807, 2.05) is 6.07 Å². The highest BCUT2D eigenvalue weighted by atomic mass is 35.5. The highest BCUT2D eigenvalue weighted by Crippen LogP contribution is 2.28. The fourth-order valence-corrected chi connectivity index (χ4v) is 1.36. The van der Waals surface area contributed by atoms with Crippen LogP contribution in [0.15, 0.2) is 36.5 Å². The molecule has 0 aliphatic carbocycles. The van der Waals surface area contributed by atoms with Gasteiger partial charge in [0.05, 0.1) is 11.2 Å². The molecule has 0 unspecified atom stereocenters. The fraction of sp³-hybridized carbons (Fsp3) is 0. The molecule has 0 aliphatic heterocycles. The van der Waals surface area contributed by atoms with Gasteiger partial charge in [-0.05, 0) is 24.3 Å². The summed E-state index contributed by atoms with van der Waals surface area (Å²) in [6.07, 6.45) is 1.35. The number of nitriles is 1. The molecule has 0 saturated heterocycles. The molecule has 0 atom stereocenters. The van der Waals surface area contributed by atoms with Crippen LogP contribution in [0.1, 0.15) is 5.69 Å². The minimum atomic E-state index is -0.626. The number of ether oxygens (including phenoxy) is 1. The number of hydrogen-bond donors (Lipinski definition) is 0. The third-order valence-electron chi connectivity index (χ3n) is 1.99. The van der Waals surface area contributed by atoms with E-state index in [1.165, 1.54) is 30.5 Å². The summed E-state index contributed by atoms with van der Waals surface area (Å²) in [5.41, 5.74) is 0.268. The molecule has 0 spiro atoms. The Morgan fingerprint density at radius 1 is 1.29 bits per heavy atom. The molecule has 1 heterocycles. The first-order valence-corrected chi connectivity index (χ1v) is 5.06. The Morgan fingerprint density at radius 2 is 2.12 bits per heavy atom. The number of rotatable bonds is 2. The Labute approximate surface area is 102 Å². The zero-order valence-electron chi connectivity index (χ0n) is 8.52. The van der Waals surface area contributed by atoms with Crippen molar-refractivity contribution in [3.05, 3.63) is 53.1 Å². The minimum Gasteiger partial charge on any atom is -0.453 e. The molecular formula is C12H6ClFN2O. The second-order valence-electron chi connectivity index (χ2n) is 3.14. The monoisotopic (exact) mass is 248 g/mol. The maximum atomic E-state index is 13.5. The molecule has 0 fully saturated rings. The molecule has 0 N–H and O–H groups in total. The Morgan fingerprint density at radius 3 is 2.76 bits per heavy atom. The Bertz CT molecular complexity index is 578. The summed E-state index contributed by atoms with van der Waals surface area (Å²) in [6.45, 7) is 0. The molecular weight excluding hydrogens is 243 g/mol. The molecule has 1 aromatic carbocycles. The van der Waals surface area contributed by atoms with E-state index in [2.05, 4.69) is 4.98 Å². The van der Waals surface area contributed by atoms with Crippen LogP contribution in [0.2, 0.25) is 5.02 Å². The van der Waals surface area contributed by atoms with Crippen LogP contribution >= 0.6 is 11.6 Å². The normalized spacial score (nSPS) is 9.71. The first-order valence-electron chi connectivity index (χ1n) is 4.69. The van der Waals surface area contributed by atoms with Crippen LogP contribution < -0.4 is 4.74 Å². The van der Waals surface area contributed by atoms with Gasteiger partial charge in [-0.2, -0.15) is 5.26 Å². The fourth-order valence-electron chi connectivity index (χ4n) is 1.20. The molecule has 3 nitrogen and oxygen atoms in total. The van der Waals surface area contributed by atoms with E-state index in [4.69, 9.17) is 21.6 Å². The summed E-state index contributed by atoms with van der Waals surface area (Å²) in [7, 11) is 0. The van der Waals surface area contributed by atoms with Crippen molar-refractivity contribution in [3.8, 4) is 17.6 Å². The van der Waals surface area contributed by atoms with Crippen molar-refractivity contribution in [1.29, 1.82) is 5.26 Å². The van der Waals surface area contributed by atoms with Crippen LogP contribution in [-0.2, 0) is 0 Å². The van der Waals surface area contributed by atoms with E-state index in [9.17, 15) is 4.39 Å². The summed E-state index contributed by atoms with van der Waals surface area (Å²) in [4.78, 5) is 3.80. The van der Waals surface area contributed by atoms with Crippen molar-refractivity contribution < 1.29 is 9.13 Å². The second kappa shape index (κ2) is 4.81. The maximum absolute atomic E-state index is 13.5. The largest absolute Gasteiger partial charge is 0.453 e. The summed E-state index contributed by atoms with van der Waals surface area (Å²) < 4.78 is 18.8. The molecule has 84 valence electrons. The van der Waals surface area contributed by atoms with E-state index < -0.39 is 5.82 Å². The SMILES string of the molecule is N#Cc1ccc(Oc2cccc(Cl)c2F)cn1. The van der Waals surface area contributed by atoms with Gasteiger partial charge in [0.2, 0.25) is 0 Å². The van der Waals surface area contributed by atoms with Crippen molar-refractivity contribution in [1.82, 2.24) is 4.98 Å². The lowest BCUT2D eigenvalue weighted by Crippen LogP contribution is -1.90. The lowest BCUT2D eigenvalue weighted by atomic mass is 10.3. The average Bonchev–Trinajstić information content (AvgIpc) is 2.36. The van der Waals surface area contributed by atoms with Gasteiger partial charge in [0.15, 0.2) is 11.6 Å². The van der Waals surface area contributed by atoms with Crippen LogP contribution in [0, 0.1) is 17.1 Å². The van der Waals surface area contributed by atoms with Crippen LogP contribution in [-0.4, -0.2) is 4.98 Å². The Balaban J connectivity index is 2.26. The number of aromatic nitrogens is 1. The van der Waals surface area contributed by atoms with Gasteiger partial charge in [0.25, 0.3) is 0 Å². The molecule has 17 heavy (non-hydrogen) atoms. The van der Waals surface area contributed by atoms with Crippen molar-refractivity contribution in [2.75, 3.05) is 0 Å². The first-order chi connectivity index (χ1) is 8.20. The number of halogens is 2. The highest BCUT2D eigenvalue weighted by Gasteiger charge is 2.08. The van der Waals surface area contributed by atoms with Gasteiger partial charge in [0.1, 0.15) is 17.5 Å². The van der Waals surface area contributed by atoms with Crippen LogP contribution in [0.5, 0.6) is 11.5 Å². The van der Waals surface area contributed by atoms with Crippen molar-refractivity contribution in [2.24, 2.45) is 0 Å². The quantitative estimate of drug-likeness (QED) is 0.817. The summed E-state index contributed by atoms with van der Waals surface area (Å²) in [6, 6.07) is 9.36. The molecule has 0 bridgehead atoms. The van der Waals surface area contributed by atoms with E-state index in [1.54, 1.807) is 6.07 Å². The van der Waals surface area contributed by atoms with Gasteiger partial charge in [-0.1, -0.05) is 17.7 Å². The highest BCUT2D eigenvalue weighted by molar-refractivity contribution is 6.30. The number of hydrogen-bond acceptors (Lipinski definition) is 3. The van der Waals surface area contributed by atoms with Crippen molar-refractivity contribution in [3.63, 3.8) is 0 Å². The Hall–Kier alpha value is -2.12. The van der Waals surface area contributed by atoms with Crippen molar-refractivity contribution >= 4 is 11.6 Å². The van der Waals surface area contributed by atoms with Gasteiger partial charge < -0.3 is 4.74 Å². The molecule has 0 amide bonds. The number of pyridine rings is 1. The minimum absolute atomic E-state index is 0.0101. The number of nitrogens with zero attached hydrogens (tertiary/aromatic N) is 2. The first kappa shape index (κ1) is 11.4. The van der Waals surface area contributed by atoms with Crippen LogP contribution in [0.25, 0.3) is 0 Å². The summed E-state index contributed by atoms with van der Waals surface area (Å²) >= 11 is 5.61. The smallest absolute Gasteiger partial charge is 0.184 e. The average molecular weight is 249 g/mol. The van der Waals surface area contributed by atoms with Gasteiger partial charge in [-0.25, -0.2) is 9.37 Å². The molecule has 2 rings (SSSR count). The van der Waals surface area contributed by atoms with Crippen LogP contribution in [0.4, 0.5) is 4.39 Å². The molecule has 0 aliphatic rings. The topological polar surface area (TPSA) is 45.9 Å². The summed E-state index contributed by atoms with van der Waals surface area (Å²) in [5, 5.41) is 8.56. The summed E-state index contributed by atoms with van der Waals surface area (Å²) in [5.74, 6) is -0.271. The third-order valence-corrected chi connectivity index (χ3v) is 2.29. The molecule has 5 heteroatoms. The van der Waals surface area contributed by atoms with E-state index >= 15 is 0 Å². The zero-order chi connectivity index (χ0) is 12.3. The maximum Gasteiger partial charge on any atom is 0.184 e. The molecule has 0 saturated carbocycles. The van der Waals surface area contributed by atoms with Crippen molar-refractivity contribution in [2.45, 2.75) is 0 Å². The third kappa shape index (κ3) is 2.52. The second-order valence-corrected chi connectivity index (χ2v) is 3.55. The predicted molar refractivity (Wildman–Crippen MR) is 60.4 cm³/mol. The molecule has 2 aromatic rings. The lowest BCUT2D eigenvalue weighted by Gasteiger charge is -2.06. The van der Waals surface area contributed by atoms with Gasteiger partial charge in [-0.15, -0.1) is 0 Å². The predicted octanol–water partition coefficient (Wildman–Crippen LogP) is 3.54. The van der Waals surface area contributed by atoms with E-state index in [0.29, 0.717) is 5.75 Å². The van der Waals surface area contributed by atoms with E-state index in [0.717, 1.165) is 0 Å². The van der Waals surface area contributed by atoms with Gasteiger partial charge >= 0.3 is 0 Å². The zero-order valence-corrected chi connectivity index (χ0v) is 9.28. The van der Waals surface area contributed by atoms with E-state index in [-0.39, 0.29) is 16.5 Å². The van der Waals surface area contributed by atoms with Crippen LogP contribution in [0.3, 0.4) is 0 Å². The Kier molecular flexibility index (Phi) is 3.22. The standard InChI is InChI=1S/C12H6ClFN2O/c13-10-2-1-3-11(12(10)14)17-9-5-4-8(6-15)16-7-9/h1-5,7H.